The number of aromatic nitrogens is 1. The van der Waals surface area contributed by atoms with E-state index in [1.807, 2.05) is 11.8 Å². The molecule has 0 aromatic carbocycles. The van der Waals surface area contributed by atoms with E-state index in [4.69, 9.17) is 18.0 Å². The van der Waals surface area contributed by atoms with Crippen LogP contribution in [0.2, 0.25) is 0 Å². The summed E-state index contributed by atoms with van der Waals surface area (Å²) in [6.07, 6.45) is 2.06. The van der Waals surface area contributed by atoms with Crippen LogP contribution in [0, 0.1) is 0 Å². The van der Waals surface area contributed by atoms with Crippen molar-refractivity contribution in [2.45, 2.75) is 32.4 Å². The summed E-state index contributed by atoms with van der Waals surface area (Å²) >= 11 is 8.56. The van der Waals surface area contributed by atoms with Gasteiger partial charge in [-0.25, -0.2) is 4.98 Å². The van der Waals surface area contributed by atoms with Crippen LogP contribution in [0.1, 0.15) is 35.8 Å². The molecule has 5 heteroatoms. The lowest BCUT2D eigenvalue weighted by molar-refractivity contribution is 0.885. The number of nitrogens with two attached hydrogens (primary N) is 1. The van der Waals surface area contributed by atoms with E-state index in [1.165, 1.54) is 0 Å². The Bertz CT molecular complexity index is 333. The van der Waals surface area contributed by atoms with Gasteiger partial charge in [0, 0.05) is 5.75 Å². The van der Waals surface area contributed by atoms with Crippen LogP contribution in [0.25, 0.3) is 0 Å². The van der Waals surface area contributed by atoms with E-state index in [-0.39, 0.29) is 0 Å². The summed E-state index contributed by atoms with van der Waals surface area (Å²) in [6.45, 7) is 4.29. The molecule has 0 bridgehead atoms. The molecule has 0 amide bonds. The van der Waals surface area contributed by atoms with Crippen molar-refractivity contribution in [2.24, 2.45) is 5.73 Å². The summed E-state index contributed by atoms with van der Waals surface area (Å²) in [5.74, 6) is 2.09. The summed E-state index contributed by atoms with van der Waals surface area (Å²) in [5.41, 5.74) is 6.77. The molecule has 2 nitrogen and oxygen atoms in total. The van der Waals surface area contributed by atoms with Gasteiger partial charge in [-0.1, -0.05) is 32.5 Å². The molecule has 15 heavy (non-hydrogen) atoms. The number of nitrogens with zero attached hydrogens (tertiary/aromatic N) is 1. The van der Waals surface area contributed by atoms with Crippen molar-refractivity contribution in [3.63, 3.8) is 0 Å². The quantitative estimate of drug-likeness (QED) is 0.798. The monoisotopic (exact) mass is 260 g/mol. The van der Waals surface area contributed by atoms with Gasteiger partial charge >= 0.3 is 0 Å². The Labute approximate surface area is 105 Å². The van der Waals surface area contributed by atoms with Crippen molar-refractivity contribution in [3.8, 4) is 0 Å². The molecule has 0 fully saturated rings. The van der Waals surface area contributed by atoms with E-state index >= 15 is 0 Å². The van der Waals surface area contributed by atoms with Crippen LogP contribution >= 0.6 is 35.3 Å². The summed E-state index contributed by atoms with van der Waals surface area (Å²) in [7, 11) is 0. The predicted octanol–water partition coefficient (Wildman–Crippen LogP) is 2.98. The second kappa shape index (κ2) is 6.45. The molecular formula is C10H16N2S3. The van der Waals surface area contributed by atoms with E-state index in [1.54, 1.807) is 11.3 Å². The summed E-state index contributed by atoms with van der Waals surface area (Å²) in [6, 6.07) is 0. The van der Waals surface area contributed by atoms with Gasteiger partial charge in [0.2, 0.25) is 0 Å². The molecule has 2 N–H and O–H groups in total. The lowest BCUT2D eigenvalue weighted by Gasteiger charge is -1.96. The van der Waals surface area contributed by atoms with Gasteiger partial charge in [0.1, 0.15) is 10.00 Å². The molecule has 0 spiro atoms. The first-order valence-corrected chi connectivity index (χ1v) is 7.43. The molecule has 0 saturated carbocycles. The van der Waals surface area contributed by atoms with Crippen molar-refractivity contribution in [1.82, 2.24) is 4.98 Å². The van der Waals surface area contributed by atoms with E-state index < -0.39 is 0 Å². The van der Waals surface area contributed by atoms with Crippen LogP contribution in [0.5, 0.6) is 0 Å². The topological polar surface area (TPSA) is 38.9 Å². The second-order valence-electron chi connectivity index (χ2n) is 3.13. The smallest absolute Gasteiger partial charge is 0.116 e. The van der Waals surface area contributed by atoms with Gasteiger partial charge in [-0.15, -0.1) is 11.3 Å². The van der Waals surface area contributed by atoms with Gasteiger partial charge in [-0.05, 0) is 12.2 Å². The van der Waals surface area contributed by atoms with Gasteiger partial charge < -0.3 is 5.73 Å². The normalized spacial score (nSPS) is 10.5. The number of thiazole rings is 1. The number of thioether (sulfide) groups is 1. The van der Waals surface area contributed by atoms with Crippen LogP contribution in [0.3, 0.4) is 0 Å². The third-order valence-corrected chi connectivity index (χ3v) is 4.41. The third-order valence-electron chi connectivity index (χ3n) is 1.88. The molecule has 0 aliphatic rings. The maximum absolute atomic E-state index is 5.68. The molecule has 0 aliphatic carbocycles. The maximum Gasteiger partial charge on any atom is 0.116 e. The van der Waals surface area contributed by atoms with Crippen molar-refractivity contribution in [1.29, 1.82) is 0 Å². The molecule has 1 rings (SSSR count). The molecule has 1 heterocycles. The number of aryl methyl sites for hydroxylation is 1. The molecule has 1 aromatic rings. The fraction of sp³-hybridized carbons (Fsp3) is 0.600. The van der Waals surface area contributed by atoms with Gasteiger partial charge in [-0.2, -0.15) is 11.8 Å². The van der Waals surface area contributed by atoms with Crippen molar-refractivity contribution >= 4 is 40.3 Å². The minimum atomic E-state index is 0.490. The summed E-state index contributed by atoms with van der Waals surface area (Å²) in [4.78, 5) is 6.09. The van der Waals surface area contributed by atoms with E-state index in [0.717, 1.165) is 39.9 Å². The first kappa shape index (κ1) is 12.9. The summed E-state index contributed by atoms with van der Waals surface area (Å²) in [5, 5.41) is 1.15. The fourth-order valence-corrected chi connectivity index (χ4v) is 3.18. The highest BCUT2D eigenvalue weighted by Crippen LogP contribution is 2.23. The average Bonchev–Trinajstić information content (AvgIpc) is 2.59. The zero-order valence-electron chi connectivity index (χ0n) is 9.08. The predicted molar refractivity (Wildman–Crippen MR) is 73.8 cm³/mol. The number of hydrogen-bond acceptors (Lipinski definition) is 4. The Morgan fingerprint density at radius 3 is 2.80 bits per heavy atom. The molecular weight excluding hydrogens is 244 g/mol. The highest BCUT2D eigenvalue weighted by atomic mass is 32.2. The first-order chi connectivity index (χ1) is 7.19. The van der Waals surface area contributed by atoms with E-state index in [0.29, 0.717) is 4.99 Å². The SMILES string of the molecule is CCCc1nc(CSCC)sc1C(N)=S. The third kappa shape index (κ3) is 3.74. The lowest BCUT2D eigenvalue weighted by Crippen LogP contribution is -2.09. The second-order valence-corrected chi connectivity index (χ2v) is 5.93. The van der Waals surface area contributed by atoms with Crippen LogP contribution in [-0.2, 0) is 12.2 Å². The largest absolute Gasteiger partial charge is 0.389 e. The first-order valence-electron chi connectivity index (χ1n) is 5.05. The summed E-state index contributed by atoms with van der Waals surface area (Å²) < 4.78 is 0. The molecule has 1 aromatic heterocycles. The van der Waals surface area contributed by atoms with Gasteiger partial charge in [0.05, 0.1) is 10.6 Å². The lowest BCUT2D eigenvalue weighted by atomic mass is 10.2. The Morgan fingerprint density at radius 2 is 2.27 bits per heavy atom. The van der Waals surface area contributed by atoms with E-state index in [2.05, 4.69) is 18.8 Å². The highest BCUT2D eigenvalue weighted by Gasteiger charge is 2.12. The molecule has 0 atom stereocenters. The number of rotatable bonds is 6. The Morgan fingerprint density at radius 1 is 1.53 bits per heavy atom. The van der Waals surface area contributed by atoms with Crippen LogP contribution in [-0.4, -0.2) is 15.7 Å². The Balaban J connectivity index is 2.83. The van der Waals surface area contributed by atoms with Crippen LogP contribution < -0.4 is 5.73 Å². The highest BCUT2D eigenvalue weighted by molar-refractivity contribution is 7.98. The molecule has 0 unspecified atom stereocenters. The molecule has 0 saturated heterocycles. The van der Waals surface area contributed by atoms with Gasteiger partial charge in [-0.3, -0.25) is 0 Å². The van der Waals surface area contributed by atoms with Crippen molar-refractivity contribution < 1.29 is 0 Å². The maximum atomic E-state index is 5.68. The zero-order chi connectivity index (χ0) is 11.3. The van der Waals surface area contributed by atoms with E-state index in [9.17, 15) is 0 Å². The Kier molecular flexibility index (Phi) is 5.56. The van der Waals surface area contributed by atoms with Gasteiger partial charge in [0.15, 0.2) is 0 Å². The minimum Gasteiger partial charge on any atom is -0.389 e. The Hall–Kier alpha value is -0.130. The molecule has 0 aliphatic heterocycles. The van der Waals surface area contributed by atoms with Crippen molar-refractivity contribution in [3.05, 3.63) is 15.6 Å². The van der Waals surface area contributed by atoms with Gasteiger partial charge in [0.25, 0.3) is 0 Å². The number of thiocarbonyl (C=S) groups is 1. The zero-order valence-corrected chi connectivity index (χ0v) is 11.5. The van der Waals surface area contributed by atoms with Crippen LogP contribution in [0.4, 0.5) is 0 Å². The minimum absolute atomic E-state index is 0.490. The fourth-order valence-electron chi connectivity index (χ4n) is 1.25. The van der Waals surface area contributed by atoms with Crippen molar-refractivity contribution in [2.75, 3.05) is 5.75 Å². The van der Waals surface area contributed by atoms with Crippen LogP contribution in [0.15, 0.2) is 0 Å². The average molecular weight is 260 g/mol. The standard InChI is InChI=1S/C10H16N2S3/c1-3-5-7-9(10(11)13)15-8(12-7)6-14-4-2/h3-6H2,1-2H3,(H2,11,13). The molecule has 84 valence electrons. The number of hydrogen-bond donors (Lipinski definition) is 1. The molecule has 0 radical (unpaired) electrons.